The van der Waals surface area contributed by atoms with Crippen LogP contribution in [0, 0.1) is 0 Å². The molecule has 0 nitrogen and oxygen atoms in total. The van der Waals surface area contributed by atoms with Crippen LogP contribution in [-0.4, -0.2) is 0 Å². The first-order valence-corrected chi connectivity index (χ1v) is 19.6. The van der Waals surface area contributed by atoms with E-state index in [1.54, 1.807) is 0 Å². The molecule has 0 N–H and O–H groups in total. The van der Waals surface area contributed by atoms with Gasteiger partial charge in [0.2, 0.25) is 0 Å². The lowest BCUT2D eigenvalue weighted by Gasteiger charge is -2.31. The lowest BCUT2D eigenvalue weighted by atomic mass is 9.70. The van der Waals surface area contributed by atoms with Gasteiger partial charge in [0.1, 0.15) is 0 Å². The molecule has 0 aliphatic heterocycles. The standard InChI is InChI=1S/C50H26Cl4/c51-27-18-22-41-37(24-27)32-19-16-28(52)25-43(32)49(41)40-14-6-3-10-35(40)46-33(11-7-15-42(46)49)34-21-23-45(54)48-47(34)36-20-17-29(53)26-44(36)50(48)38-12-4-1-8-30(38)31-9-2-5-13-39(31)50/h1-26H. The van der Waals surface area contributed by atoms with Gasteiger partial charge in [0, 0.05) is 20.1 Å². The largest absolute Gasteiger partial charge is 0.0843 e. The highest BCUT2D eigenvalue weighted by atomic mass is 35.5. The van der Waals surface area contributed by atoms with E-state index in [1.807, 2.05) is 18.2 Å². The van der Waals surface area contributed by atoms with E-state index in [0.29, 0.717) is 15.1 Å². The molecular formula is C50H26Cl4. The average Bonchev–Trinajstić information content (AvgIpc) is 3.87. The zero-order chi connectivity index (χ0) is 36.1. The fraction of sp³-hybridized carbons (Fsp3) is 0.0400. The van der Waals surface area contributed by atoms with Crippen LogP contribution in [0.4, 0.5) is 0 Å². The number of hydrogen-bond donors (Lipinski definition) is 0. The summed E-state index contributed by atoms with van der Waals surface area (Å²) in [5.41, 5.74) is 20.1. The second-order valence-corrected chi connectivity index (χ2v) is 16.5. The highest BCUT2D eigenvalue weighted by Gasteiger charge is 2.55. The summed E-state index contributed by atoms with van der Waals surface area (Å²) in [7, 11) is 0. The fourth-order valence-corrected chi connectivity index (χ4v) is 11.6. The zero-order valence-corrected chi connectivity index (χ0v) is 31.5. The molecule has 54 heavy (non-hydrogen) atoms. The number of halogens is 4. The lowest BCUT2D eigenvalue weighted by Crippen LogP contribution is -2.26. The summed E-state index contributed by atoms with van der Waals surface area (Å²) in [6.45, 7) is 0. The van der Waals surface area contributed by atoms with Gasteiger partial charge in [-0.3, -0.25) is 0 Å². The summed E-state index contributed by atoms with van der Waals surface area (Å²) in [5.74, 6) is 0. The van der Waals surface area contributed by atoms with Gasteiger partial charge in [0.05, 0.1) is 10.8 Å². The van der Waals surface area contributed by atoms with Gasteiger partial charge in [-0.15, -0.1) is 0 Å². The highest BCUT2D eigenvalue weighted by molar-refractivity contribution is 6.34. The average molecular weight is 769 g/mol. The predicted molar refractivity (Wildman–Crippen MR) is 225 cm³/mol. The van der Waals surface area contributed by atoms with Crippen LogP contribution in [0.3, 0.4) is 0 Å². The molecule has 0 aromatic heterocycles. The first-order chi connectivity index (χ1) is 26.4. The summed E-state index contributed by atoms with van der Waals surface area (Å²) < 4.78 is 0. The Morgan fingerprint density at radius 1 is 0.278 bits per heavy atom. The van der Waals surface area contributed by atoms with Crippen LogP contribution in [0.2, 0.25) is 20.1 Å². The topological polar surface area (TPSA) is 0 Å². The molecular weight excluding hydrogens is 742 g/mol. The van der Waals surface area contributed by atoms with Crippen molar-refractivity contribution in [2.75, 3.05) is 0 Å². The highest BCUT2D eigenvalue weighted by Crippen LogP contribution is 2.68. The number of fused-ring (bicyclic) bond motifs is 20. The molecule has 0 saturated carbocycles. The Morgan fingerprint density at radius 3 is 1.43 bits per heavy atom. The van der Waals surface area contributed by atoms with Gasteiger partial charge in [0.15, 0.2) is 0 Å². The molecule has 0 radical (unpaired) electrons. The van der Waals surface area contributed by atoms with Crippen LogP contribution in [0.15, 0.2) is 158 Å². The smallest absolute Gasteiger partial charge is 0.0740 e. The fourth-order valence-electron chi connectivity index (χ4n) is 10.8. The van der Waals surface area contributed by atoms with Crippen molar-refractivity contribution in [2.45, 2.75) is 10.8 Å². The van der Waals surface area contributed by atoms with Gasteiger partial charge in [-0.05, 0) is 143 Å². The van der Waals surface area contributed by atoms with E-state index in [9.17, 15) is 0 Å². The molecule has 0 bridgehead atoms. The molecule has 8 aromatic carbocycles. The van der Waals surface area contributed by atoms with Crippen molar-refractivity contribution in [2.24, 2.45) is 0 Å². The molecule has 4 heteroatoms. The van der Waals surface area contributed by atoms with Gasteiger partial charge in [-0.1, -0.05) is 162 Å². The monoisotopic (exact) mass is 766 g/mol. The van der Waals surface area contributed by atoms with Crippen LogP contribution in [0.1, 0.15) is 44.5 Å². The maximum Gasteiger partial charge on any atom is 0.0740 e. The van der Waals surface area contributed by atoms with E-state index < -0.39 is 10.8 Å². The molecule has 1 unspecified atom stereocenters. The Labute approximate surface area is 333 Å². The summed E-state index contributed by atoms with van der Waals surface area (Å²) in [5, 5.41) is 2.87. The minimum atomic E-state index is -0.633. The number of hydrogen-bond acceptors (Lipinski definition) is 0. The van der Waals surface area contributed by atoms with Crippen LogP contribution < -0.4 is 0 Å². The van der Waals surface area contributed by atoms with Crippen molar-refractivity contribution in [1.82, 2.24) is 0 Å². The maximum atomic E-state index is 7.54. The molecule has 8 aromatic rings. The first kappa shape index (κ1) is 31.3. The van der Waals surface area contributed by atoms with E-state index in [-0.39, 0.29) is 0 Å². The summed E-state index contributed by atoms with van der Waals surface area (Å²) >= 11 is 28.0. The normalized spacial score (nSPS) is 16.7. The Balaban J connectivity index is 1.22. The third kappa shape index (κ3) is 3.59. The molecule has 0 amide bonds. The van der Waals surface area contributed by atoms with Gasteiger partial charge >= 0.3 is 0 Å². The molecule has 12 rings (SSSR count). The quantitative estimate of drug-likeness (QED) is 0.156. The third-order valence-electron chi connectivity index (χ3n) is 12.6. The summed E-state index contributed by atoms with van der Waals surface area (Å²) in [6, 6.07) is 56.6. The Morgan fingerprint density at radius 2 is 0.722 bits per heavy atom. The van der Waals surface area contributed by atoms with E-state index >= 15 is 0 Å². The van der Waals surface area contributed by atoms with Gasteiger partial charge in [-0.25, -0.2) is 0 Å². The Bertz CT molecular complexity index is 2960. The second kappa shape index (κ2) is 10.8. The molecule has 4 aliphatic carbocycles. The SMILES string of the molecule is Clc1ccc2c(c1)-c1ccc(Cl)cc1C21c2ccccc2-c2c(-c3ccc(Cl)c4c3-c3ccc(Cl)cc3C43c4ccccc4-c4ccccc43)cccc21. The van der Waals surface area contributed by atoms with E-state index in [0.717, 1.165) is 49.5 Å². The van der Waals surface area contributed by atoms with E-state index in [4.69, 9.17) is 46.4 Å². The first-order valence-electron chi connectivity index (χ1n) is 18.1. The van der Waals surface area contributed by atoms with Crippen molar-refractivity contribution in [1.29, 1.82) is 0 Å². The molecule has 0 fully saturated rings. The van der Waals surface area contributed by atoms with Crippen molar-refractivity contribution in [3.05, 3.63) is 222 Å². The lowest BCUT2D eigenvalue weighted by molar-refractivity contribution is 0.793. The second-order valence-electron chi connectivity index (χ2n) is 14.8. The summed E-state index contributed by atoms with van der Waals surface area (Å²) in [4.78, 5) is 0. The summed E-state index contributed by atoms with van der Waals surface area (Å²) in [6.07, 6.45) is 0. The minimum absolute atomic E-state index is 0.576. The molecule has 1 atom stereocenters. The zero-order valence-electron chi connectivity index (χ0n) is 28.5. The minimum Gasteiger partial charge on any atom is -0.0843 e. The van der Waals surface area contributed by atoms with Crippen LogP contribution in [-0.2, 0) is 10.8 Å². The predicted octanol–water partition coefficient (Wildman–Crippen LogP) is 14.7. The van der Waals surface area contributed by atoms with Crippen molar-refractivity contribution in [3.8, 4) is 55.6 Å². The van der Waals surface area contributed by atoms with Crippen molar-refractivity contribution in [3.63, 3.8) is 0 Å². The van der Waals surface area contributed by atoms with Gasteiger partial charge in [0.25, 0.3) is 0 Å². The van der Waals surface area contributed by atoms with Crippen LogP contribution in [0.25, 0.3) is 55.6 Å². The Hall–Kier alpha value is -5.08. The van der Waals surface area contributed by atoms with Gasteiger partial charge < -0.3 is 0 Å². The molecule has 0 saturated heterocycles. The van der Waals surface area contributed by atoms with Gasteiger partial charge in [-0.2, -0.15) is 0 Å². The van der Waals surface area contributed by atoms with E-state index in [1.165, 1.54) is 55.6 Å². The third-order valence-corrected chi connectivity index (χ3v) is 13.6. The maximum absolute atomic E-state index is 7.54. The number of benzene rings is 8. The molecule has 0 heterocycles. The Kier molecular flexibility index (Phi) is 6.25. The number of rotatable bonds is 1. The van der Waals surface area contributed by atoms with Crippen molar-refractivity contribution < 1.29 is 0 Å². The van der Waals surface area contributed by atoms with Crippen LogP contribution >= 0.6 is 46.4 Å². The van der Waals surface area contributed by atoms with Crippen molar-refractivity contribution >= 4 is 46.4 Å². The molecule has 4 aliphatic rings. The van der Waals surface area contributed by atoms with E-state index in [2.05, 4.69) is 140 Å². The molecule has 254 valence electrons. The molecule has 2 spiro atoms. The van der Waals surface area contributed by atoms with Crippen LogP contribution in [0.5, 0.6) is 0 Å².